The first-order valence-corrected chi connectivity index (χ1v) is 7.00. The normalized spacial score (nSPS) is 20.6. The fourth-order valence-corrected chi connectivity index (χ4v) is 2.85. The number of nitrogens with two attached hydrogens (primary N) is 1. The molecule has 1 heterocycles. The summed E-state index contributed by atoms with van der Waals surface area (Å²) >= 11 is 0. The lowest BCUT2D eigenvalue weighted by molar-refractivity contribution is -0.138. The minimum atomic E-state index is -4.32. The molecule has 1 aromatic carbocycles. The highest BCUT2D eigenvalue weighted by atomic mass is 19.4. The average molecular weight is 286 g/mol. The van der Waals surface area contributed by atoms with Gasteiger partial charge in [-0.15, -0.1) is 0 Å². The maximum absolute atomic E-state index is 13.0. The van der Waals surface area contributed by atoms with Gasteiger partial charge in [-0.2, -0.15) is 13.2 Å². The molecule has 112 valence electrons. The molecule has 1 aliphatic rings. The number of alkyl halides is 3. The third-order valence-electron chi connectivity index (χ3n) is 3.95. The van der Waals surface area contributed by atoms with Crippen LogP contribution in [0.3, 0.4) is 0 Å². The Morgan fingerprint density at radius 3 is 2.30 bits per heavy atom. The van der Waals surface area contributed by atoms with Crippen LogP contribution in [0, 0.1) is 0 Å². The number of hydrogen-bond donors (Lipinski definition) is 1. The Balaban J connectivity index is 2.20. The molecule has 2 N–H and O–H groups in total. The van der Waals surface area contributed by atoms with Gasteiger partial charge < -0.3 is 5.73 Å². The molecular formula is C15H21F3N2. The molecular weight excluding hydrogens is 265 g/mol. The molecule has 0 aliphatic carbocycles. The summed E-state index contributed by atoms with van der Waals surface area (Å²) in [6, 6.07) is 5.71. The highest BCUT2D eigenvalue weighted by Crippen LogP contribution is 2.33. The third kappa shape index (κ3) is 3.52. The second-order valence-electron chi connectivity index (χ2n) is 5.74. The Labute approximate surface area is 117 Å². The van der Waals surface area contributed by atoms with Crippen molar-refractivity contribution in [3.8, 4) is 0 Å². The van der Waals surface area contributed by atoms with Crippen molar-refractivity contribution in [2.45, 2.75) is 44.4 Å². The first-order valence-electron chi connectivity index (χ1n) is 7.00. The van der Waals surface area contributed by atoms with Crippen LogP contribution in [-0.2, 0) is 12.6 Å². The van der Waals surface area contributed by atoms with Gasteiger partial charge in [0, 0.05) is 6.42 Å². The van der Waals surface area contributed by atoms with Gasteiger partial charge in [0.25, 0.3) is 0 Å². The van der Waals surface area contributed by atoms with E-state index >= 15 is 0 Å². The number of piperidine rings is 1. The molecule has 1 unspecified atom stereocenters. The van der Waals surface area contributed by atoms with Crippen molar-refractivity contribution < 1.29 is 13.2 Å². The Hall–Kier alpha value is -1.07. The monoisotopic (exact) mass is 286 g/mol. The lowest BCUT2D eigenvalue weighted by Crippen LogP contribution is -2.57. The van der Waals surface area contributed by atoms with E-state index in [0.717, 1.165) is 32.0 Å². The standard InChI is InChI=1S/C15H21F3N2/c1-14(19,20-9-5-2-6-10-20)11-12-7-3-4-8-13(12)15(16,17)18/h3-4,7-8H,2,5-6,9-11,19H2,1H3. The van der Waals surface area contributed by atoms with Crippen LogP contribution in [0.1, 0.15) is 37.3 Å². The van der Waals surface area contributed by atoms with Crippen LogP contribution in [0.25, 0.3) is 0 Å². The highest BCUT2D eigenvalue weighted by Gasteiger charge is 2.36. The number of benzene rings is 1. The van der Waals surface area contributed by atoms with Crippen molar-refractivity contribution in [3.63, 3.8) is 0 Å². The van der Waals surface area contributed by atoms with Gasteiger partial charge in [0.2, 0.25) is 0 Å². The van der Waals surface area contributed by atoms with E-state index < -0.39 is 17.4 Å². The molecule has 1 atom stereocenters. The summed E-state index contributed by atoms with van der Waals surface area (Å²) in [5.74, 6) is 0. The van der Waals surface area contributed by atoms with Crippen molar-refractivity contribution >= 4 is 0 Å². The highest BCUT2D eigenvalue weighted by molar-refractivity contribution is 5.31. The number of rotatable bonds is 3. The summed E-state index contributed by atoms with van der Waals surface area (Å²) in [5, 5.41) is 0. The van der Waals surface area contributed by atoms with E-state index in [1.54, 1.807) is 6.07 Å². The van der Waals surface area contributed by atoms with E-state index in [2.05, 4.69) is 4.90 Å². The van der Waals surface area contributed by atoms with Crippen LogP contribution in [0.2, 0.25) is 0 Å². The summed E-state index contributed by atoms with van der Waals surface area (Å²) in [6.07, 6.45) is -0.815. The van der Waals surface area contributed by atoms with Crippen molar-refractivity contribution in [2.75, 3.05) is 13.1 Å². The molecule has 5 heteroatoms. The zero-order valence-electron chi connectivity index (χ0n) is 11.7. The van der Waals surface area contributed by atoms with Crippen LogP contribution < -0.4 is 5.73 Å². The largest absolute Gasteiger partial charge is 0.416 e. The second-order valence-corrected chi connectivity index (χ2v) is 5.74. The molecule has 0 radical (unpaired) electrons. The first kappa shape index (κ1) is 15.3. The molecule has 0 amide bonds. The minimum absolute atomic E-state index is 0.211. The predicted molar refractivity (Wildman–Crippen MR) is 73.2 cm³/mol. The SMILES string of the molecule is CC(N)(Cc1ccccc1C(F)(F)F)N1CCCCC1. The zero-order valence-corrected chi connectivity index (χ0v) is 11.7. The summed E-state index contributed by atoms with van der Waals surface area (Å²) in [7, 11) is 0. The first-order chi connectivity index (χ1) is 9.31. The molecule has 2 nitrogen and oxygen atoms in total. The average Bonchev–Trinajstić information content (AvgIpc) is 2.39. The number of halogens is 3. The zero-order chi connectivity index (χ0) is 14.8. The summed E-state index contributed by atoms with van der Waals surface area (Å²) < 4.78 is 39.0. The van der Waals surface area contributed by atoms with Gasteiger partial charge in [-0.3, -0.25) is 4.90 Å². The summed E-state index contributed by atoms with van der Waals surface area (Å²) in [6.45, 7) is 3.55. The lowest BCUT2D eigenvalue weighted by Gasteiger charge is -2.41. The van der Waals surface area contributed by atoms with E-state index in [1.807, 2.05) is 6.92 Å². The number of likely N-dealkylation sites (tertiary alicyclic amines) is 1. The van der Waals surface area contributed by atoms with Gasteiger partial charge in [0.15, 0.2) is 0 Å². The molecule has 20 heavy (non-hydrogen) atoms. The Morgan fingerprint density at radius 2 is 1.70 bits per heavy atom. The lowest BCUT2D eigenvalue weighted by atomic mass is 9.94. The van der Waals surface area contributed by atoms with E-state index in [-0.39, 0.29) is 12.0 Å². The molecule has 1 aromatic rings. The van der Waals surface area contributed by atoms with Crippen LogP contribution in [-0.4, -0.2) is 23.7 Å². The summed E-state index contributed by atoms with van der Waals surface area (Å²) in [5.41, 5.74) is 5.26. The van der Waals surface area contributed by atoms with Gasteiger partial charge >= 0.3 is 6.18 Å². The maximum Gasteiger partial charge on any atom is 0.416 e. The topological polar surface area (TPSA) is 29.3 Å². The van der Waals surface area contributed by atoms with Crippen molar-refractivity contribution in [2.24, 2.45) is 5.73 Å². The molecule has 0 aromatic heterocycles. The van der Waals surface area contributed by atoms with E-state index in [0.29, 0.717) is 0 Å². The van der Waals surface area contributed by atoms with Crippen LogP contribution in [0.4, 0.5) is 13.2 Å². The molecule has 1 fully saturated rings. The second kappa shape index (κ2) is 5.74. The van der Waals surface area contributed by atoms with E-state index in [4.69, 9.17) is 5.73 Å². The predicted octanol–water partition coefficient (Wildman–Crippen LogP) is 3.41. The van der Waals surface area contributed by atoms with Crippen LogP contribution >= 0.6 is 0 Å². The maximum atomic E-state index is 13.0. The Kier molecular flexibility index (Phi) is 4.39. The van der Waals surface area contributed by atoms with Crippen LogP contribution in [0.15, 0.2) is 24.3 Å². The fraction of sp³-hybridized carbons (Fsp3) is 0.600. The molecule has 0 bridgehead atoms. The van der Waals surface area contributed by atoms with Gasteiger partial charge in [-0.25, -0.2) is 0 Å². The quantitative estimate of drug-likeness (QED) is 0.922. The molecule has 0 saturated carbocycles. The van der Waals surface area contributed by atoms with Crippen molar-refractivity contribution in [1.29, 1.82) is 0 Å². The minimum Gasteiger partial charge on any atom is -0.313 e. The summed E-state index contributed by atoms with van der Waals surface area (Å²) in [4.78, 5) is 2.10. The molecule has 0 spiro atoms. The number of nitrogens with zero attached hydrogens (tertiary/aromatic N) is 1. The van der Waals surface area contributed by atoms with E-state index in [1.165, 1.54) is 18.6 Å². The van der Waals surface area contributed by atoms with E-state index in [9.17, 15) is 13.2 Å². The molecule has 1 aliphatic heterocycles. The number of hydrogen-bond acceptors (Lipinski definition) is 2. The fourth-order valence-electron chi connectivity index (χ4n) is 2.85. The van der Waals surface area contributed by atoms with Crippen molar-refractivity contribution in [3.05, 3.63) is 35.4 Å². The third-order valence-corrected chi connectivity index (χ3v) is 3.95. The van der Waals surface area contributed by atoms with Gasteiger partial charge in [-0.1, -0.05) is 24.6 Å². The van der Waals surface area contributed by atoms with Gasteiger partial charge in [0.1, 0.15) is 0 Å². The van der Waals surface area contributed by atoms with Crippen molar-refractivity contribution in [1.82, 2.24) is 4.90 Å². The van der Waals surface area contributed by atoms with Gasteiger partial charge in [0.05, 0.1) is 11.2 Å². The smallest absolute Gasteiger partial charge is 0.313 e. The molecule has 2 rings (SSSR count). The van der Waals surface area contributed by atoms with Crippen LogP contribution in [0.5, 0.6) is 0 Å². The Bertz CT molecular complexity index is 449. The van der Waals surface area contributed by atoms with Gasteiger partial charge in [-0.05, 0) is 44.5 Å². The molecule has 1 saturated heterocycles. The Morgan fingerprint density at radius 1 is 1.10 bits per heavy atom.